The van der Waals surface area contributed by atoms with E-state index in [1.807, 2.05) is 11.6 Å². The molecule has 1 aromatic rings. The van der Waals surface area contributed by atoms with Crippen LogP contribution in [0.3, 0.4) is 0 Å². The van der Waals surface area contributed by atoms with Gasteiger partial charge in [0.15, 0.2) is 0 Å². The zero-order chi connectivity index (χ0) is 10.1. The molecule has 0 saturated heterocycles. The highest BCUT2D eigenvalue weighted by Gasteiger charge is 2.24. The van der Waals surface area contributed by atoms with Gasteiger partial charge in [0.25, 0.3) is 0 Å². The van der Waals surface area contributed by atoms with Crippen molar-refractivity contribution in [3.63, 3.8) is 0 Å². The molecule has 1 aromatic heterocycles. The van der Waals surface area contributed by atoms with Gasteiger partial charge >= 0.3 is 0 Å². The molecule has 0 saturated carbocycles. The number of fused-ring (bicyclic) bond motifs is 1. The van der Waals surface area contributed by atoms with Crippen LogP contribution in [0, 0.1) is 6.92 Å². The topological polar surface area (TPSA) is 50.1 Å². The third-order valence-corrected chi connectivity index (χ3v) is 2.73. The number of rotatable bonds is 2. The van der Waals surface area contributed by atoms with Crippen LogP contribution >= 0.6 is 0 Å². The van der Waals surface area contributed by atoms with Crippen molar-refractivity contribution in [3.8, 4) is 0 Å². The van der Waals surface area contributed by atoms with Crippen molar-refractivity contribution in [1.82, 2.24) is 15.1 Å². The van der Waals surface area contributed by atoms with Crippen molar-refractivity contribution in [2.75, 3.05) is 6.54 Å². The zero-order valence-corrected chi connectivity index (χ0v) is 8.75. The summed E-state index contributed by atoms with van der Waals surface area (Å²) in [4.78, 5) is 0. The Morgan fingerprint density at radius 3 is 3.07 bits per heavy atom. The molecular formula is C10H17N3O. The minimum atomic E-state index is -0.385. The van der Waals surface area contributed by atoms with Crippen LogP contribution < -0.4 is 5.32 Å². The largest absolute Gasteiger partial charge is 0.387 e. The van der Waals surface area contributed by atoms with Gasteiger partial charge in [0, 0.05) is 30.9 Å². The van der Waals surface area contributed by atoms with Gasteiger partial charge in [-0.2, -0.15) is 5.10 Å². The molecule has 1 unspecified atom stereocenters. The average molecular weight is 195 g/mol. The lowest BCUT2D eigenvalue weighted by atomic mass is 10.0. The zero-order valence-electron chi connectivity index (χ0n) is 8.75. The van der Waals surface area contributed by atoms with E-state index >= 15 is 0 Å². The minimum Gasteiger partial charge on any atom is -0.387 e. The summed E-state index contributed by atoms with van der Waals surface area (Å²) in [6, 6.07) is 0. The first-order chi connectivity index (χ1) is 6.74. The molecule has 78 valence electrons. The normalized spacial score (nSPS) is 20.9. The number of nitrogens with one attached hydrogen (secondary N) is 1. The van der Waals surface area contributed by atoms with Crippen LogP contribution in [0.4, 0.5) is 0 Å². The number of hydrogen-bond acceptors (Lipinski definition) is 3. The number of aromatic nitrogens is 2. The molecule has 2 N–H and O–H groups in total. The Morgan fingerprint density at radius 2 is 2.43 bits per heavy atom. The van der Waals surface area contributed by atoms with Crippen LogP contribution in [0.2, 0.25) is 0 Å². The maximum Gasteiger partial charge on any atom is 0.0950 e. The molecule has 0 amide bonds. The molecule has 2 heterocycles. The van der Waals surface area contributed by atoms with E-state index in [0.717, 1.165) is 36.5 Å². The molecule has 0 radical (unpaired) electrons. The van der Waals surface area contributed by atoms with Crippen molar-refractivity contribution in [2.24, 2.45) is 0 Å². The Balaban J connectivity index is 2.39. The van der Waals surface area contributed by atoms with Crippen molar-refractivity contribution in [2.45, 2.75) is 39.5 Å². The molecule has 14 heavy (non-hydrogen) atoms. The standard InChI is InChI=1S/C10H17N3O/c1-3-4-13-7(2)10-8(12-13)5-11-6-9(10)14/h9,11,14H,3-6H2,1-2H3. The number of hydrogen-bond donors (Lipinski definition) is 2. The summed E-state index contributed by atoms with van der Waals surface area (Å²) in [5.41, 5.74) is 3.17. The third-order valence-electron chi connectivity index (χ3n) is 2.73. The monoisotopic (exact) mass is 195 g/mol. The Labute approximate surface area is 83.9 Å². The van der Waals surface area contributed by atoms with E-state index in [2.05, 4.69) is 17.3 Å². The SMILES string of the molecule is CCCn1nc2c(c1C)C(O)CNC2. The van der Waals surface area contributed by atoms with E-state index in [4.69, 9.17) is 0 Å². The quantitative estimate of drug-likeness (QED) is 0.731. The van der Waals surface area contributed by atoms with Gasteiger partial charge in [0.1, 0.15) is 0 Å². The molecule has 4 heteroatoms. The fourth-order valence-corrected chi connectivity index (χ4v) is 2.05. The summed E-state index contributed by atoms with van der Waals surface area (Å²) < 4.78 is 2.00. The average Bonchev–Trinajstić information content (AvgIpc) is 2.46. The highest BCUT2D eigenvalue weighted by atomic mass is 16.3. The molecule has 0 fully saturated rings. The van der Waals surface area contributed by atoms with Gasteiger partial charge in [-0.1, -0.05) is 6.92 Å². The molecule has 2 rings (SSSR count). The summed E-state index contributed by atoms with van der Waals surface area (Å²) in [6.45, 7) is 6.53. The third kappa shape index (κ3) is 1.44. The first-order valence-electron chi connectivity index (χ1n) is 5.19. The lowest BCUT2D eigenvalue weighted by molar-refractivity contribution is 0.164. The molecular weight excluding hydrogens is 178 g/mol. The van der Waals surface area contributed by atoms with Gasteiger partial charge in [-0.15, -0.1) is 0 Å². The molecule has 1 atom stereocenters. The number of aryl methyl sites for hydroxylation is 1. The highest BCUT2D eigenvalue weighted by molar-refractivity contribution is 5.30. The first kappa shape index (κ1) is 9.68. The second-order valence-electron chi connectivity index (χ2n) is 3.82. The Hall–Kier alpha value is -0.870. The van der Waals surface area contributed by atoms with E-state index in [0.29, 0.717) is 6.54 Å². The lowest BCUT2D eigenvalue weighted by Crippen LogP contribution is -2.27. The van der Waals surface area contributed by atoms with E-state index in [9.17, 15) is 5.11 Å². The number of aliphatic hydroxyl groups is 1. The predicted octanol–water partition coefficient (Wildman–Crippen LogP) is 0.738. The van der Waals surface area contributed by atoms with Crippen molar-refractivity contribution in [3.05, 3.63) is 17.0 Å². The maximum atomic E-state index is 9.81. The van der Waals surface area contributed by atoms with Gasteiger partial charge in [0.2, 0.25) is 0 Å². The van der Waals surface area contributed by atoms with Crippen LogP contribution in [-0.4, -0.2) is 21.4 Å². The van der Waals surface area contributed by atoms with Crippen molar-refractivity contribution in [1.29, 1.82) is 0 Å². The van der Waals surface area contributed by atoms with E-state index in [-0.39, 0.29) is 6.10 Å². The summed E-state index contributed by atoms with van der Waals surface area (Å²) in [5, 5.41) is 17.4. The molecule has 0 bridgehead atoms. The minimum absolute atomic E-state index is 0.385. The summed E-state index contributed by atoms with van der Waals surface area (Å²) >= 11 is 0. The summed E-state index contributed by atoms with van der Waals surface area (Å²) in [6.07, 6.45) is 0.689. The van der Waals surface area contributed by atoms with E-state index < -0.39 is 0 Å². The van der Waals surface area contributed by atoms with Gasteiger partial charge in [-0.3, -0.25) is 4.68 Å². The van der Waals surface area contributed by atoms with Crippen LogP contribution in [0.25, 0.3) is 0 Å². The van der Waals surface area contributed by atoms with Gasteiger partial charge in [0.05, 0.1) is 11.8 Å². The Bertz CT molecular complexity index is 332. The van der Waals surface area contributed by atoms with E-state index in [1.54, 1.807) is 0 Å². The number of β-amino-alcohol motifs (C(OH)–C–C–N with tert-alkyl or cyclic N) is 1. The molecule has 1 aliphatic rings. The summed E-state index contributed by atoms with van der Waals surface area (Å²) in [5.74, 6) is 0. The number of nitrogens with zero attached hydrogens (tertiary/aromatic N) is 2. The van der Waals surface area contributed by atoms with Crippen LogP contribution in [-0.2, 0) is 13.1 Å². The van der Waals surface area contributed by atoms with Gasteiger partial charge in [-0.05, 0) is 13.3 Å². The summed E-state index contributed by atoms with van der Waals surface area (Å²) in [7, 11) is 0. The number of aliphatic hydroxyl groups excluding tert-OH is 1. The van der Waals surface area contributed by atoms with Gasteiger partial charge < -0.3 is 10.4 Å². The fourth-order valence-electron chi connectivity index (χ4n) is 2.05. The van der Waals surface area contributed by atoms with Crippen LogP contribution in [0.5, 0.6) is 0 Å². The Kier molecular flexibility index (Phi) is 2.56. The second-order valence-corrected chi connectivity index (χ2v) is 3.82. The molecule has 4 nitrogen and oxygen atoms in total. The van der Waals surface area contributed by atoms with Crippen LogP contribution in [0.1, 0.15) is 36.4 Å². The lowest BCUT2D eigenvalue weighted by Gasteiger charge is -2.18. The highest BCUT2D eigenvalue weighted by Crippen LogP contribution is 2.24. The first-order valence-corrected chi connectivity index (χ1v) is 5.19. The van der Waals surface area contributed by atoms with Crippen molar-refractivity contribution >= 4 is 0 Å². The maximum absolute atomic E-state index is 9.81. The predicted molar refractivity (Wildman–Crippen MR) is 53.9 cm³/mol. The molecule has 0 spiro atoms. The smallest absolute Gasteiger partial charge is 0.0950 e. The molecule has 0 aliphatic carbocycles. The van der Waals surface area contributed by atoms with Gasteiger partial charge in [-0.25, -0.2) is 0 Å². The second kappa shape index (κ2) is 3.71. The van der Waals surface area contributed by atoms with Crippen LogP contribution in [0.15, 0.2) is 0 Å². The Morgan fingerprint density at radius 1 is 1.64 bits per heavy atom. The molecule has 0 aromatic carbocycles. The van der Waals surface area contributed by atoms with E-state index in [1.165, 1.54) is 0 Å². The fraction of sp³-hybridized carbons (Fsp3) is 0.700. The van der Waals surface area contributed by atoms with Crippen molar-refractivity contribution < 1.29 is 5.11 Å². The molecule has 1 aliphatic heterocycles.